The van der Waals surface area contributed by atoms with Crippen LogP contribution in [0.4, 0.5) is 0 Å². The first-order valence-electron chi connectivity index (χ1n) is 18.3. The number of unbranched alkanes of at least 4 members (excludes halogenated alkanes) is 14. The number of ether oxygens (including phenoxy) is 1. The molecule has 0 aromatic carbocycles. The summed E-state index contributed by atoms with van der Waals surface area (Å²) in [6.45, 7) is 3.84. The lowest BCUT2D eigenvalue weighted by molar-refractivity contribution is -0.904. The van der Waals surface area contributed by atoms with Crippen LogP contribution in [0.5, 0.6) is 0 Å². The second kappa shape index (κ2) is 28.9. The number of hydrogen-bond donors (Lipinski definition) is 4. The highest BCUT2D eigenvalue weighted by atomic mass is 31.2. The highest BCUT2D eigenvalue weighted by molar-refractivity contribution is 7.53. The van der Waals surface area contributed by atoms with Gasteiger partial charge in [0.15, 0.2) is 12.1 Å². The maximum atomic E-state index is 13.2. The number of hydrogen-bond acceptors (Lipinski definition) is 7. The number of aliphatic hydroxyl groups is 3. The van der Waals surface area contributed by atoms with Gasteiger partial charge in [-0.25, -0.2) is 0 Å². The molecule has 0 rings (SSSR count). The third-order valence-corrected chi connectivity index (χ3v) is 10.6. The van der Waals surface area contributed by atoms with E-state index in [1.54, 1.807) is 14.1 Å². The topological polar surface area (TPSA) is 134 Å². The summed E-state index contributed by atoms with van der Waals surface area (Å²) < 4.78 is 23.8. The summed E-state index contributed by atoms with van der Waals surface area (Å²) >= 11 is 0. The fourth-order valence-corrected chi connectivity index (χ4v) is 7.39. The fraction of sp³-hybridized carbons (Fsp3) is 0.861. The Morgan fingerprint density at radius 1 is 0.696 bits per heavy atom. The fourth-order valence-electron chi connectivity index (χ4n) is 5.42. The summed E-state index contributed by atoms with van der Waals surface area (Å²) in [5.41, 5.74) is 0. The number of esters is 1. The molecular weight excluding hydrogens is 605 g/mol. The summed E-state index contributed by atoms with van der Waals surface area (Å²) in [4.78, 5) is 22.9. The van der Waals surface area contributed by atoms with Crippen LogP contribution in [-0.4, -0.2) is 82.7 Å². The maximum absolute atomic E-state index is 13.2. The van der Waals surface area contributed by atoms with Gasteiger partial charge in [-0.1, -0.05) is 89.5 Å². The monoisotopic (exact) mass is 676 g/mol. The Kier molecular flexibility index (Phi) is 28.2. The zero-order valence-corrected chi connectivity index (χ0v) is 30.7. The van der Waals surface area contributed by atoms with E-state index in [2.05, 4.69) is 31.2 Å². The second-order valence-corrected chi connectivity index (χ2v) is 15.3. The van der Waals surface area contributed by atoms with Crippen LogP contribution in [-0.2, 0) is 18.6 Å². The van der Waals surface area contributed by atoms with E-state index in [-0.39, 0.29) is 30.5 Å². The molecule has 0 amide bonds. The lowest BCUT2D eigenvalue weighted by Gasteiger charge is -2.39. The maximum Gasteiger partial charge on any atom is 0.385 e. The van der Waals surface area contributed by atoms with Gasteiger partial charge in [0.05, 0.1) is 27.2 Å². The number of nitrogens with zero attached hydrogens (tertiary/aromatic N) is 1. The van der Waals surface area contributed by atoms with Crippen molar-refractivity contribution < 1.29 is 43.3 Å². The first kappa shape index (κ1) is 44.9. The van der Waals surface area contributed by atoms with Crippen molar-refractivity contribution in [2.45, 2.75) is 167 Å². The molecule has 0 aliphatic heterocycles. The van der Waals surface area contributed by atoms with Crippen LogP contribution in [0.1, 0.15) is 149 Å². The molecule has 0 aliphatic rings. The zero-order chi connectivity index (χ0) is 34.5. The minimum absolute atomic E-state index is 0.0610. The molecule has 3 atom stereocenters. The lowest BCUT2D eigenvalue weighted by Crippen LogP contribution is -2.50. The molecule has 10 heteroatoms. The van der Waals surface area contributed by atoms with Gasteiger partial charge in [-0.2, -0.15) is 0 Å². The molecule has 4 N–H and O–H groups in total. The molecule has 0 heterocycles. The molecule has 0 spiro atoms. The van der Waals surface area contributed by atoms with Crippen LogP contribution in [0.15, 0.2) is 24.3 Å². The number of allylic oxidation sites excluding steroid dienone is 4. The highest BCUT2D eigenvalue weighted by Crippen LogP contribution is 2.52. The van der Waals surface area contributed by atoms with E-state index in [1.165, 1.54) is 64.2 Å². The second-order valence-electron chi connectivity index (χ2n) is 13.3. The van der Waals surface area contributed by atoms with Crippen LogP contribution >= 0.6 is 7.60 Å². The zero-order valence-electron chi connectivity index (χ0n) is 29.8. The third-order valence-electron chi connectivity index (χ3n) is 8.40. The molecule has 0 radical (unpaired) electrons. The number of carbonyl (C=O) groups excluding carboxylic acids is 1. The predicted molar refractivity (Wildman–Crippen MR) is 188 cm³/mol. The van der Waals surface area contributed by atoms with Crippen molar-refractivity contribution in [1.29, 1.82) is 0 Å². The van der Waals surface area contributed by atoms with E-state index in [1.807, 2.05) is 6.92 Å². The predicted octanol–water partition coefficient (Wildman–Crippen LogP) is 8.15. The lowest BCUT2D eigenvalue weighted by atomic mass is 10.1. The van der Waals surface area contributed by atoms with Gasteiger partial charge in [0, 0.05) is 19.3 Å². The van der Waals surface area contributed by atoms with Crippen molar-refractivity contribution in [3.63, 3.8) is 0 Å². The van der Waals surface area contributed by atoms with Gasteiger partial charge in [-0.15, -0.1) is 0 Å². The van der Waals surface area contributed by atoms with Gasteiger partial charge >= 0.3 is 13.6 Å². The molecule has 272 valence electrons. The molecule has 0 bridgehead atoms. The van der Waals surface area contributed by atoms with Gasteiger partial charge in [0.25, 0.3) is 0 Å². The van der Waals surface area contributed by atoms with Crippen LogP contribution in [0.2, 0.25) is 0 Å². The first-order valence-corrected chi connectivity index (χ1v) is 19.9. The minimum atomic E-state index is -4.17. The molecule has 0 fully saturated rings. The summed E-state index contributed by atoms with van der Waals surface area (Å²) in [6.07, 6.45) is 27.4. The van der Waals surface area contributed by atoms with Gasteiger partial charge in [-0.3, -0.25) is 9.36 Å². The van der Waals surface area contributed by atoms with E-state index in [0.29, 0.717) is 6.42 Å². The number of carbonyl (C=O) groups is 1. The van der Waals surface area contributed by atoms with Gasteiger partial charge in [0.1, 0.15) is 12.7 Å². The van der Waals surface area contributed by atoms with Gasteiger partial charge < -0.3 is 34.0 Å². The summed E-state index contributed by atoms with van der Waals surface area (Å²) in [7, 11) is -0.646. The SMILES string of the molecule is CCCCC/C=C\CCCC/C=C\CCCCCCCCC(=O)OC[C@@H](O)COP(=O)(O)C(CCCCC)[N+](C)(C)CCC(O)O. The average molecular weight is 677 g/mol. The van der Waals surface area contributed by atoms with Crippen molar-refractivity contribution >= 4 is 13.6 Å². The van der Waals surface area contributed by atoms with Gasteiger partial charge in [-0.05, 0) is 64.2 Å². The van der Waals surface area contributed by atoms with Crippen molar-refractivity contribution in [3.05, 3.63) is 24.3 Å². The molecule has 9 nitrogen and oxygen atoms in total. The van der Waals surface area contributed by atoms with Crippen LogP contribution in [0.25, 0.3) is 0 Å². The first-order chi connectivity index (χ1) is 22.0. The quantitative estimate of drug-likeness (QED) is 0.0140. The smallest absolute Gasteiger partial charge is 0.385 e. The van der Waals surface area contributed by atoms with Crippen LogP contribution < -0.4 is 0 Å². The van der Waals surface area contributed by atoms with Crippen LogP contribution in [0, 0.1) is 0 Å². The average Bonchev–Trinajstić information content (AvgIpc) is 3.01. The molecule has 0 saturated carbocycles. The van der Waals surface area contributed by atoms with E-state index in [4.69, 9.17) is 9.26 Å². The summed E-state index contributed by atoms with van der Waals surface area (Å²) in [5, 5.41) is 28.8. The Balaban J connectivity index is 4.03. The third kappa shape index (κ3) is 26.0. The highest BCUT2D eigenvalue weighted by Gasteiger charge is 2.44. The Bertz CT molecular complexity index is 833. The standard InChI is InChI=1S/C36H70NO8P/c1-5-7-9-10-11-12-13-14-15-16-17-18-19-20-21-22-23-24-26-28-36(41)44-31-33(38)32-45-46(42,43)34(27-25-8-6-2)37(3,4)30-29-35(39)40/h11-12,17-18,33-35,38-40H,5-10,13-16,19-32H2,1-4H3/p+1/b12-11-,18-17-/t33-,34?/m1/s1. The van der Waals surface area contributed by atoms with E-state index in [9.17, 15) is 29.6 Å². The number of aliphatic hydroxyl groups excluding tert-OH is 2. The Morgan fingerprint density at radius 2 is 1.17 bits per heavy atom. The van der Waals surface area contributed by atoms with Crippen LogP contribution in [0.3, 0.4) is 0 Å². The van der Waals surface area contributed by atoms with Crippen molar-refractivity contribution in [3.8, 4) is 0 Å². The Morgan fingerprint density at radius 3 is 1.72 bits per heavy atom. The molecule has 0 aromatic heterocycles. The molecule has 0 saturated heterocycles. The Labute approximate surface area is 281 Å². The largest absolute Gasteiger partial charge is 0.463 e. The Hall–Kier alpha value is -1.06. The van der Waals surface area contributed by atoms with Crippen molar-refractivity contribution in [2.24, 2.45) is 0 Å². The number of quaternary nitrogens is 1. The van der Waals surface area contributed by atoms with Gasteiger partial charge in [0.2, 0.25) is 0 Å². The van der Waals surface area contributed by atoms with Crippen molar-refractivity contribution in [2.75, 3.05) is 33.9 Å². The minimum Gasteiger partial charge on any atom is -0.463 e. The van der Waals surface area contributed by atoms with E-state index in [0.717, 1.165) is 51.4 Å². The summed E-state index contributed by atoms with van der Waals surface area (Å²) in [5.74, 6) is -1.17. The number of rotatable bonds is 32. The molecule has 2 unspecified atom stereocenters. The van der Waals surface area contributed by atoms with Crippen molar-refractivity contribution in [1.82, 2.24) is 0 Å². The van der Waals surface area contributed by atoms with E-state index < -0.39 is 38.3 Å². The summed E-state index contributed by atoms with van der Waals surface area (Å²) in [6, 6.07) is 0. The molecule has 0 aromatic rings. The normalized spacial score (nSPS) is 15.2. The molecule has 0 aliphatic carbocycles. The molecular formula is C36H71NO8P+. The molecule has 46 heavy (non-hydrogen) atoms. The van der Waals surface area contributed by atoms with E-state index >= 15 is 0 Å².